The van der Waals surface area contributed by atoms with Gasteiger partial charge in [-0.3, -0.25) is 4.90 Å². The Morgan fingerprint density at radius 2 is 1.91 bits per heavy atom. The molecule has 0 bridgehead atoms. The van der Waals surface area contributed by atoms with Crippen LogP contribution in [0.2, 0.25) is 0 Å². The Balaban J connectivity index is 1.84. The first-order chi connectivity index (χ1) is 11.2. The number of methoxy groups -OCH3 is 1. The zero-order valence-corrected chi connectivity index (χ0v) is 13.4. The summed E-state index contributed by atoms with van der Waals surface area (Å²) < 4.78 is 19.5. The van der Waals surface area contributed by atoms with E-state index >= 15 is 0 Å². The Hall–Kier alpha value is -1.91. The van der Waals surface area contributed by atoms with Gasteiger partial charge in [-0.05, 0) is 43.1 Å². The Labute approximate surface area is 136 Å². The van der Waals surface area contributed by atoms with Gasteiger partial charge in [0.15, 0.2) is 0 Å². The van der Waals surface area contributed by atoms with E-state index in [1.807, 2.05) is 24.3 Å². The minimum Gasteiger partial charge on any atom is -0.497 e. The van der Waals surface area contributed by atoms with Crippen molar-refractivity contribution in [2.45, 2.75) is 31.5 Å². The number of piperidine rings is 1. The van der Waals surface area contributed by atoms with Gasteiger partial charge in [0.2, 0.25) is 0 Å². The quantitative estimate of drug-likeness (QED) is 0.939. The fraction of sp³-hybridized carbons (Fsp3) is 0.368. The van der Waals surface area contributed by atoms with Crippen molar-refractivity contribution in [3.05, 3.63) is 65.5 Å². The Morgan fingerprint density at radius 1 is 1.17 bits per heavy atom. The van der Waals surface area contributed by atoms with Gasteiger partial charge in [0.25, 0.3) is 0 Å². The zero-order valence-electron chi connectivity index (χ0n) is 13.4. The lowest BCUT2D eigenvalue weighted by atomic mass is 9.90. The monoisotopic (exact) mass is 314 g/mol. The van der Waals surface area contributed by atoms with E-state index in [1.165, 1.54) is 11.6 Å². The van der Waals surface area contributed by atoms with E-state index in [0.29, 0.717) is 5.56 Å². The molecule has 2 aromatic rings. The molecule has 2 atom stereocenters. The number of ether oxygens (including phenoxy) is 1. The van der Waals surface area contributed by atoms with Crippen LogP contribution in [0.1, 0.15) is 30.0 Å². The number of hydrogen-bond acceptors (Lipinski definition) is 3. The van der Waals surface area contributed by atoms with Crippen LogP contribution in [0, 0.1) is 5.82 Å². The first-order valence-corrected chi connectivity index (χ1v) is 8.06. The topological polar surface area (TPSA) is 38.5 Å². The molecular formula is C19H23FN2O. The minimum atomic E-state index is -0.172. The molecule has 2 aromatic carbocycles. The number of rotatable bonds is 4. The van der Waals surface area contributed by atoms with Crippen molar-refractivity contribution in [1.29, 1.82) is 0 Å². The predicted molar refractivity (Wildman–Crippen MR) is 89.8 cm³/mol. The smallest absolute Gasteiger partial charge is 0.128 e. The van der Waals surface area contributed by atoms with Crippen molar-refractivity contribution in [3.63, 3.8) is 0 Å². The molecule has 1 heterocycles. The summed E-state index contributed by atoms with van der Waals surface area (Å²) in [6, 6.07) is 14.9. The molecule has 23 heavy (non-hydrogen) atoms. The maximum absolute atomic E-state index is 14.3. The van der Waals surface area contributed by atoms with Crippen molar-refractivity contribution in [2.75, 3.05) is 13.7 Å². The first kappa shape index (κ1) is 16.0. The SMILES string of the molecule is COc1ccc(CN2CCC[C@@H](N)[C@@H]2c2ccccc2F)cc1. The molecule has 1 fully saturated rings. The standard InChI is InChI=1S/C19H23FN2O/c1-23-15-10-8-14(9-11-15)13-22-12-4-7-18(21)19(22)16-5-2-3-6-17(16)20/h2-3,5-6,8-11,18-19H,4,7,12-13,21H2,1H3/t18-,19+/m1/s1. The highest BCUT2D eigenvalue weighted by Gasteiger charge is 2.31. The second kappa shape index (κ2) is 7.11. The third kappa shape index (κ3) is 3.54. The number of hydrogen-bond donors (Lipinski definition) is 1. The summed E-state index contributed by atoms with van der Waals surface area (Å²) in [7, 11) is 1.66. The number of halogens is 1. The second-order valence-electron chi connectivity index (χ2n) is 6.09. The molecule has 0 aliphatic carbocycles. The van der Waals surface area contributed by atoms with Crippen LogP contribution in [0.25, 0.3) is 0 Å². The van der Waals surface area contributed by atoms with Crippen LogP contribution in [-0.4, -0.2) is 24.6 Å². The van der Waals surface area contributed by atoms with Gasteiger partial charge in [0.1, 0.15) is 11.6 Å². The molecule has 0 unspecified atom stereocenters. The molecule has 1 saturated heterocycles. The molecule has 0 saturated carbocycles. The number of nitrogens with two attached hydrogens (primary N) is 1. The van der Waals surface area contributed by atoms with E-state index in [9.17, 15) is 4.39 Å². The van der Waals surface area contributed by atoms with Crippen LogP contribution in [0.3, 0.4) is 0 Å². The van der Waals surface area contributed by atoms with Crippen LogP contribution in [0.15, 0.2) is 48.5 Å². The molecule has 0 aromatic heterocycles. The van der Waals surface area contributed by atoms with Gasteiger partial charge in [-0.15, -0.1) is 0 Å². The molecule has 0 radical (unpaired) electrons. The Kier molecular flexibility index (Phi) is 4.94. The van der Waals surface area contributed by atoms with Crippen LogP contribution < -0.4 is 10.5 Å². The second-order valence-corrected chi connectivity index (χ2v) is 6.09. The van der Waals surface area contributed by atoms with Crippen LogP contribution in [-0.2, 0) is 6.54 Å². The van der Waals surface area contributed by atoms with Gasteiger partial charge in [-0.1, -0.05) is 30.3 Å². The van der Waals surface area contributed by atoms with Crippen LogP contribution in [0.5, 0.6) is 5.75 Å². The van der Waals surface area contributed by atoms with Gasteiger partial charge in [0.05, 0.1) is 13.2 Å². The van der Waals surface area contributed by atoms with Crippen LogP contribution >= 0.6 is 0 Å². The lowest BCUT2D eigenvalue weighted by Gasteiger charge is -2.40. The highest BCUT2D eigenvalue weighted by Crippen LogP contribution is 2.33. The van der Waals surface area contributed by atoms with Gasteiger partial charge < -0.3 is 10.5 Å². The molecule has 1 aliphatic rings. The van der Waals surface area contributed by atoms with Crippen molar-refractivity contribution >= 4 is 0 Å². The van der Waals surface area contributed by atoms with Gasteiger partial charge in [-0.25, -0.2) is 4.39 Å². The largest absolute Gasteiger partial charge is 0.497 e. The molecular weight excluding hydrogens is 291 g/mol. The molecule has 3 rings (SSSR count). The fourth-order valence-corrected chi connectivity index (χ4v) is 3.38. The van der Waals surface area contributed by atoms with Crippen molar-refractivity contribution in [3.8, 4) is 5.75 Å². The number of nitrogens with zero attached hydrogens (tertiary/aromatic N) is 1. The summed E-state index contributed by atoms with van der Waals surface area (Å²) in [5.74, 6) is 0.671. The van der Waals surface area contributed by atoms with Crippen molar-refractivity contribution in [2.24, 2.45) is 5.73 Å². The highest BCUT2D eigenvalue weighted by atomic mass is 19.1. The number of likely N-dealkylation sites (tertiary alicyclic amines) is 1. The van der Waals surface area contributed by atoms with E-state index in [0.717, 1.165) is 31.7 Å². The molecule has 1 aliphatic heterocycles. The molecule has 4 heteroatoms. The summed E-state index contributed by atoms with van der Waals surface area (Å²) in [5.41, 5.74) is 8.23. The summed E-state index contributed by atoms with van der Waals surface area (Å²) in [6.07, 6.45) is 1.97. The maximum Gasteiger partial charge on any atom is 0.128 e. The maximum atomic E-state index is 14.3. The Morgan fingerprint density at radius 3 is 2.61 bits per heavy atom. The molecule has 0 spiro atoms. The van der Waals surface area contributed by atoms with Gasteiger partial charge in [-0.2, -0.15) is 0 Å². The van der Waals surface area contributed by atoms with E-state index < -0.39 is 0 Å². The molecule has 122 valence electrons. The van der Waals surface area contributed by atoms with Crippen molar-refractivity contribution in [1.82, 2.24) is 4.90 Å². The van der Waals surface area contributed by atoms with E-state index in [-0.39, 0.29) is 17.9 Å². The molecule has 2 N–H and O–H groups in total. The summed E-state index contributed by atoms with van der Waals surface area (Å²) in [4.78, 5) is 2.29. The summed E-state index contributed by atoms with van der Waals surface area (Å²) in [6.45, 7) is 1.69. The predicted octanol–water partition coefficient (Wildman–Crippen LogP) is 3.50. The average molecular weight is 314 g/mol. The minimum absolute atomic E-state index is 0.0427. The van der Waals surface area contributed by atoms with E-state index in [4.69, 9.17) is 10.5 Å². The fourth-order valence-electron chi connectivity index (χ4n) is 3.38. The lowest BCUT2D eigenvalue weighted by Crippen LogP contribution is -2.45. The molecule has 3 nitrogen and oxygen atoms in total. The van der Waals surface area contributed by atoms with E-state index in [2.05, 4.69) is 17.0 Å². The third-order valence-electron chi connectivity index (χ3n) is 4.55. The summed E-state index contributed by atoms with van der Waals surface area (Å²) >= 11 is 0. The zero-order chi connectivity index (χ0) is 16.2. The Bertz CT molecular complexity index is 644. The number of benzene rings is 2. The van der Waals surface area contributed by atoms with Crippen LogP contribution in [0.4, 0.5) is 4.39 Å². The third-order valence-corrected chi connectivity index (χ3v) is 4.55. The average Bonchev–Trinajstić information content (AvgIpc) is 2.57. The summed E-state index contributed by atoms with van der Waals surface area (Å²) in [5, 5.41) is 0. The highest BCUT2D eigenvalue weighted by molar-refractivity contribution is 5.28. The van der Waals surface area contributed by atoms with E-state index in [1.54, 1.807) is 13.2 Å². The first-order valence-electron chi connectivity index (χ1n) is 8.06. The lowest BCUT2D eigenvalue weighted by molar-refractivity contribution is 0.117. The van der Waals surface area contributed by atoms with Gasteiger partial charge >= 0.3 is 0 Å². The molecule has 0 amide bonds. The van der Waals surface area contributed by atoms with Gasteiger partial charge in [0, 0.05) is 18.2 Å². The normalized spacial score (nSPS) is 22.0. The van der Waals surface area contributed by atoms with Crippen molar-refractivity contribution < 1.29 is 9.13 Å².